The maximum absolute atomic E-state index is 12.9. The Morgan fingerprint density at radius 2 is 1.90 bits per heavy atom. The van der Waals surface area contributed by atoms with Gasteiger partial charge in [-0.15, -0.1) is 0 Å². The fourth-order valence-corrected chi connectivity index (χ4v) is 4.49. The average molecular weight is 295 g/mol. The van der Waals surface area contributed by atoms with E-state index >= 15 is 0 Å². The van der Waals surface area contributed by atoms with Crippen LogP contribution in [0.4, 0.5) is 0 Å². The number of carbonyl (C=O) groups excluding carboxylic acids is 1. The van der Waals surface area contributed by atoms with Crippen LogP contribution in [0.3, 0.4) is 0 Å². The Kier molecular flexibility index (Phi) is 4.85. The SMILES string of the molecule is CC1CC(C(=O)N2CCCCC2C2CCCCC2O)CO1. The van der Waals surface area contributed by atoms with Crippen LogP contribution < -0.4 is 0 Å². The van der Waals surface area contributed by atoms with E-state index in [0.717, 1.165) is 45.1 Å². The molecule has 1 saturated carbocycles. The predicted octanol–water partition coefficient (Wildman–Crippen LogP) is 2.34. The van der Waals surface area contributed by atoms with E-state index in [2.05, 4.69) is 4.90 Å². The first-order chi connectivity index (χ1) is 10.2. The minimum atomic E-state index is -0.212. The highest BCUT2D eigenvalue weighted by atomic mass is 16.5. The second-order valence-corrected chi connectivity index (χ2v) is 7.19. The summed E-state index contributed by atoms with van der Waals surface area (Å²) in [7, 11) is 0. The van der Waals surface area contributed by atoms with Crippen LogP contribution in [0.1, 0.15) is 58.3 Å². The molecule has 0 spiro atoms. The third-order valence-corrected chi connectivity index (χ3v) is 5.66. The van der Waals surface area contributed by atoms with E-state index < -0.39 is 0 Å². The quantitative estimate of drug-likeness (QED) is 0.850. The van der Waals surface area contributed by atoms with Crippen molar-refractivity contribution in [3.05, 3.63) is 0 Å². The normalized spacial score (nSPS) is 41.2. The molecule has 5 unspecified atom stereocenters. The number of nitrogens with zero attached hydrogens (tertiary/aromatic N) is 1. The van der Waals surface area contributed by atoms with E-state index in [1.165, 1.54) is 12.8 Å². The molecule has 1 aliphatic carbocycles. The zero-order valence-corrected chi connectivity index (χ0v) is 13.2. The molecule has 3 aliphatic rings. The van der Waals surface area contributed by atoms with Crippen LogP contribution in [0.25, 0.3) is 0 Å². The van der Waals surface area contributed by atoms with Gasteiger partial charge in [0.2, 0.25) is 5.91 Å². The minimum absolute atomic E-state index is 0.0429. The van der Waals surface area contributed by atoms with Gasteiger partial charge in [-0.2, -0.15) is 0 Å². The number of amides is 1. The summed E-state index contributed by atoms with van der Waals surface area (Å²) in [6, 6.07) is 0.262. The Morgan fingerprint density at radius 1 is 1.14 bits per heavy atom. The number of aliphatic hydroxyl groups is 1. The predicted molar refractivity (Wildman–Crippen MR) is 80.8 cm³/mol. The van der Waals surface area contributed by atoms with Gasteiger partial charge in [-0.25, -0.2) is 0 Å². The summed E-state index contributed by atoms with van der Waals surface area (Å²) in [6.07, 6.45) is 8.53. The molecule has 0 aromatic carbocycles. The number of hydrogen-bond acceptors (Lipinski definition) is 3. The second-order valence-electron chi connectivity index (χ2n) is 7.19. The van der Waals surface area contributed by atoms with Gasteiger partial charge in [0.05, 0.1) is 24.7 Å². The Bertz CT molecular complexity index is 373. The van der Waals surface area contributed by atoms with E-state index in [1.54, 1.807) is 0 Å². The van der Waals surface area contributed by atoms with Crippen molar-refractivity contribution in [1.29, 1.82) is 0 Å². The van der Waals surface area contributed by atoms with Gasteiger partial charge in [-0.3, -0.25) is 4.79 Å². The van der Waals surface area contributed by atoms with Crippen molar-refractivity contribution in [2.45, 2.75) is 76.5 Å². The van der Waals surface area contributed by atoms with Crippen molar-refractivity contribution in [1.82, 2.24) is 4.90 Å². The first kappa shape index (κ1) is 15.3. The third kappa shape index (κ3) is 3.26. The Labute approximate surface area is 127 Å². The van der Waals surface area contributed by atoms with Gasteiger partial charge in [0.25, 0.3) is 0 Å². The lowest BCUT2D eigenvalue weighted by molar-refractivity contribution is -0.142. The summed E-state index contributed by atoms with van der Waals surface area (Å²) in [5.74, 6) is 0.617. The molecule has 4 nitrogen and oxygen atoms in total. The number of carbonyl (C=O) groups is 1. The summed E-state index contributed by atoms with van der Waals surface area (Å²) in [5, 5.41) is 10.4. The Hall–Kier alpha value is -0.610. The van der Waals surface area contributed by atoms with Gasteiger partial charge in [-0.1, -0.05) is 12.8 Å². The van der Waals surface area contributed by atoms with E-state index in [-0.39, 0.29) is 30.1 Å². The molecule has 2 aliphatic heterocycles. The summed E-state index contributed by atoms with van der Waals surface area (Å²) < 4.78 is 5.58. The summed E-state index contributed by atoms with van der Waals surface area (Å²) in [5.41, 5.74) is 0. The fourth-order valence-electron chi connectivity index (χ4n) is 4.49. The monoisotopic (exact) mass is 295 g/mol. The van der Waals surface area contributed by atoms with Gasteiger partial charge in [0, 0.05) is 18.5 Å². The van der Waals surface area contributed by atoms with Gasteiger partial charge < -0.3 is 14.7 Å². The number of piperidine rings is 1. The second kappa shape index (κ2) is 6.66. The molecule has 21 heavy (non-hydrogen) atoms. The highest BCUT2D eigenvalue weighted by Crippen LogP contribution is 2.35. The number of likely N-dealkylation sites (tertiary alicyclic amines) is 1. The molecule has 1 amide bonds. The van der Waals surface area contributed by atoms with Crippen LogP contribution in [0.5, 0.6) is 0 Å². The molecule has 0 aromatic rings. The molecule has 0 aromatic heterocycles. The van der Waals surface area contributed by atoms with Crippen molar-refractivity contribution in [2.75, 3.05) is 13.2 Å². The lowest BCUT2D eigenvalue weighted by Gasteiger charge is -2.44. The van der Waals surface area contributed by atoms with Crippen LogP contribution in [-0.4, -0.2) is 47.3 Å². The van der Waals surface area contributed by atoms with Gasteiger partial charge in [0.15, 0.2) is 0 Å². The van der Waals surface area contributed by atoms with Crippen LogP contribution in [0.15, 0.2) is 0 Å². The molecule has 0 radical (unpaired) electrons. The number of ether oxygens (including phenoxy) is 1. The van der Waals surface area contributed by atoms with Crippen molar-refractivity contribution in [3.8, 4) is 0 Å². The molecule has 1 N–H and O–H groups in total. The van der Waals surface area contributed by atoms with E-state index in [0.29, 0.717) is 12.5 Å². The molecule has 2 saturated heterocycles. The smallest absolute Gasteiger partial charge is 0.228 e. The topological polar surface area (TPSA) is 49.8 Å². The Balaban J connectivity index is 1.70. The molecular formula is C17H29NO3. The first-order valence-electron chi connectivity index (χ1n) is 8.77. The first-order valence-corrected chi connectivity index (χ1v) is 8.77. The molecule has 0 bridgehead atoms. The standard InChI is InChI=1S/C17H29NO3/c1-12-10-13(11-21-12)17(20)18-9-5-4-7-15(18)14-6-2-3-8-16(14)19/h12-16,19H,2-11H2,1H3. The largest absolute Gasteiger partial charge is 0.393 e. The van der Waals surface area contributed by atoms with Crippen molar-refractivity contribution >= 4 is 5.91 Å². The highest BCUT2D eigenvalue weighted by Gasteiger charge is 2.40. The van der Waals surface area contributed by atoms with Crippen molar-refractivity contribution < 1.29 is 14.6 Å². The molecule has 120 valence electrons. The number of hydrogen-bond donors (Lipinski definition) is 1. The molecule has 4 heteroatoms. The summed E-state index contributed by atoms with van der Waals surface area (Å²) >= 11 is 0. The molecular weight excluding hydrogens is 266 g/mol. The molecule has 5 atom stereocenters. The van der Waals surface area contributed by atoms with Crippen molar-refractivity contribution in [2.24, 2.45) is 11.8 Å². The van der Waals surface area contributed by atoms with E-state index in [4.69, 9.17) is 4.74 Å². The van der Waals surface area contributed by atoms with Crippen LogP contribution in [-0.2, 0) is 9.53 Å². The lowest BCUT2D eigenvalue weighted by atomic mass is 9.77. The van der Waals surface area contributed by atoms with Gasteiger partial charge in [-0.05, 0) is 45.4 Å². The lowest BCUT2D eigenvalue weighted by Crippen LogP contribution is -2.52. The number of rotatable bonds is 2. The van der Waals surface area contributed by atoms with E-state index in [1.807, 2.05) is 6.92 Å². The molecule has 2 heterocycles. The minimum Gasteiger partial charge on any atom is -0.393 e. The highest BCUT2D eigenvalue weighted by molar-refractivity contribution is 5.79. The van der Waals surface area contributed by atoms with Crippen LogP contribution in [0.2, 0.25) is 0 Å². The fraction of sp³-hybridized carbons (Fsp3) is 0.941. The molecule has 3 fully saturated rings. The molecule has 3 rings (SSSR count). The maximum Gasteiger partial charge on any atom is 0.228 e. The van der Waals surface area contributed by atoms with Crippen molar-refractivity contribution in [3.63, 3.8) is 0 Å². The van der Waals surface area contributed by atoms with Crippen LogP contribution >= 0.6 is 0 Å². The Morgan fingerprint density at radius 3 is 2.62 bits per heavy atom. The van der Waals surface area contributed by atoms with Crippen LogP contribution in [0, 0.1) is 11.8 Å². The third-order valence-electron chi connectivity index (χ3n) is 5.66. The summed E-state index contributed by atoms with van der Waals surface area (Å²) in [6.45, 7) is 3.50. The van der Waals surface area contributed by atoms with Gasteiger partial charge in [0.1, 0.15) is 0 Å². The van der Waals surface area contributed by atoms with E-state index in [9.17, 15) is 9.90 Å². The number of aliphatic hydroxyl groups excluding tert-OH is 1. The van der Waals surface area contributed by atoms with Gasteiger partial charge >= 0.3 is 0 Å². The summed E-state index contributed by atoms with van der Waals surface area (Å²) in [4.78, 5) is 15.0. The maximum atomic E-state index is 12.9. The zero-order chi connectivity index (χ0) is 14.8. The zero-order valence-electron chi connectivity index (χ0n) is 13.2. The average Bonchev–Trinajstić information content (AvgIpc) is 2.94.